The summed E-state index contributed by atoms with van der Waals surface area (Å²) in [5, 5.41) is 10.7. The van der Waals surface area contributed by atoms with E-state index in [9.17, 15) is 18.1 Å². The van der Waals surface area contributed by atoms with E-state index in [-0.39, 0.29) is 9.80 Å². The standard InChI is InChI=1S/C24H16ClFN2O2S/c25-23-13-19(26)11-10-17(23)15-28-16-18(22-8-4-5-9-24(22)28)12-21(14-27)31(29,30)20-6-2-1-3-7-20/h1-13,16H,15H2/b21-12+. The Morgan fingerprint density at radius 2 is 1.77 bits per heavy atom. The first-order valence-corrected chi connectivity index (χ1v) is 11.2. The van der Waals surface area contributed by atoms with Crippen LogP contribution in [0.4, 0.5) is 4.39 Å². The molecule has 1 aromatic heterocycles. The molecule has 0 bridgehead atoms. The number of hydrogen-bond acceptors (Lipinski definition) is 3. The molecular weight excluding hydrogens is 435 g/mol. The van der Waals surface area contributed by atoms with E-state index >= 15 is 0 Å². The molecule has 7 heteroatoms. The van der Waals surface area contributed by atoms with Gasteiger partial charge in [0, 0.05) is 34.2 Å². The summed E-state index contributed by atoms with van der Waals surface area (Å²) in [5.74, 6) is -0.417. The molecule has 0 amide bonds. The number of para-hydroxylation sites is 1. The molecule has 1 heterocycles. The molecule has 0 fully saturated rings. The van der Waals surface area contributed by atoms with Crippen LogP contribution in [0, 0.1) is 17.1 Å². The zero-order valence-electron chi connectivity index (χ0n) is 16.2. The van der Waals surface area contributed by atoms with Crippen LogP contribution in [0.3, 0.4) is 0 Å². The van der Waals surface area contributed by atoms with E-state index in [1.165, 1.54) is 30.3 Å². The minimum Gasteiger partial charge on any atom is -0.342 e. The summed E-state index contributed by atoms with van der Waals surface area (Å²) >= 11 is 6.18. The normalized spacial score (nSPS) is 12.1. The highest BCUT2D eigenvalue weighted by molar-refractivity contribution is 7.95. The second-order valence-electron chi connectivity index (χ2n) is 6.90. The Morgan fingerprint density at radius 1 is 1.06 bits per heavy atom. The zero-order valence-corrected chi connectivity index (χ0v) is 17.7. The molecular formula is C24H16ClFN2O2S. The predicted molar refractivity (Wildman–Crippen MR) is 120 cm³/mol. The molecule has 31 heavy (non-hydrogen) atoms. The number of allylic oxidation sites excluding steroid dienone is 1. The number of sulfone groups is 1. The molecule has 4 rings (SSSR count). The average Bonchev–Trinajstić information content (AvgIpc) is 3.12. The second kappa shape index (κ2) is 8.38. The van der Waals surface area contributed by atoms with Crippen LogP contribution in [0.25, 0.3) is 17.0 Å². The molecule has 0 unspecified atom stereocenters. The third-order valence-electron chi connectivity index (χ3n) is 4.92. The molecule has 0 spiro atoms. The molecule has 0 aliphatic rings. The molecule has 3 aromatic carbocycles. The summed E-state index contributed by atoms with van der Waals surface area (Å²) in [4.78, 5) is -0.286. The fourth-order valence-electron chi connectivity index (χ4n) is 3.39. The Labute approximate surface area is 184 Å². The molecule has 0 radical (unpaired) electrons. The van der Waals surface area contributed by atoms with Crippen molar-refractivity contribution in [2.75, 3.05) is 0 Å². The van der Waals surface area contributed by atoms with E-state index in [0.717, 1.165) is 16.5 Å². The summed E-state index contributed by atoms with van der Waals surface area (Å²) in [7, 11) is -3.95. The van der Waals surface area contributed by atoms with Crippen molar-refractivity contribution in [3.8, 4) is 6.07 Å². The molecule has 0 saturated carbocycles. The Morgan fingerprint density at radius 3 is 2.48 bits per heavy atom. The largest absolute Gasteiger partial charge is 0.342 e. The highest BCUT2D eigenvalue weighted by Crippen LogP contribution is 2.28. The summed E-state index contributed by atoms with van der Waals surface area (Å²) in [6.07, 6.45) is 3.15. The monoisotopic (exact) mass is 450 g/mol. The SMILES string of the molecule is N#C/C(=C\c1cn(Cc2ccc(F)cc2Cl)c2ccccc12)S(=O)(=O)c1ccccc1. The van der Waals surface area contributed by atoms with E-state index in [0.29, 0.717) is 17.1 Å². The second-order valence-corrected chi connectivity index (χ2v) is 9.23. The fourth-order valence-corrected chi connectivity index (χ4v) is 4.79. The maximum absolute atomic E-state index is 13.4. The quantitative estimate of drug-likeness (QED) is 0.360. The molecule has 0 N–H and O–H groups in total. The summed E-state index contributed by atoms with van der Waals surface area (Å²) in [6, 6.07) is 21.3. The van der Waals surface area contributed by atoms with Crippen molar-refractivity contribution in [3.63, 3.8) is 0 Å². The average molecular weight is 451 g/mol. The van der Waals surface area contributed by atoms with Gasteiger partial charge < -0.3 is 4.57 Å². The number of benzene rings is 3. The van der Waals surface area contributed by atoms with Gasteiger partial charge in [-0.05, 0) is 42.0 Å². The van der Waals surface area contributed by atoms with Gasteiger partial charge in [0.15, 0.2) is 0 Å². The van der Waals surface area contributed by atoms with Gasteiger partial charge in [-0.25, -0.2) is 12.8 Å². The van der Waals surface area contributed by atoms with Gasteiger partial charge in [0.2, 0.25) is 9.84 Å². The van der Waals surface area contributed by atoms with Gasteiger partial charge in [0.1, 0.15) is 16.8 Å². The van der Waals surface area contributed by atoms with Gasteiger partial charge in [-0.15, -0.1) is 0 Å². The number of halogens is 2. The van der Waals surface area contributed by atoms with E-state index in [1.54, 1.807) is 30.5 Å². The minimum absolute atomic E-state index is 0.0598. The summed E-state index contributed by atoms with van der Waals surface area (Å²) in [6.45, 7) is 0.362. The molecule has 0 aliphatic carbocycles. The molecule has 154 valence electrons. The Kier molecular flexibility index (Phi) is 5.64. The van der Waals surface area contributed by atoms with Crippen LogP contribution in [0.1, 0.15) is 11.1 Å². The van der Waals surface area contributed by atoms with Crippen LogP contribution in [0.15, 0.2) is 88.8 Å². The summed E-state index contributed by atoms with van der Waals surface area (Å²) < 4.78 is 41.1. The lowest BCUT2D eigenvalue weighted by molar-refractivity contribution is 0.603. The third-order valence-corrected chi connectivity index (χ3v) is 6.95. The number of fused-ring (bicyclic) bond motifs is 1. The van der Waals surface area contributed by atoms with Crippen molar-refractivity contribution < 1.29 is 12.8 Å². The van der Waals surface area contributed by atoms with E-state index in [1.807, 2.05) is 34.9 Å². The fraction of sp³-hybridized carbons (Fsp3) is 0.0417. The lowest BCUT2D eigenvalue weighted by Crippen LogP contribution is -2.03. The third kappa shape index (κ3) is 4.11. The Balaban J connectivity index is 1.82. The maximum Gasteiger partial charge on any atom is 0.216 e. The van der Waals surface area contributed by atoms with Crippen LogP contribution in [-0.4, -0.2) is 13.0 Å². The number of nitriles is 1. The van der Waals surface area contributed by atoms with Crippen LogP contribution in [-0.2, 0) is 16.4 Å². The van der Waals surface area contributed by atoms with Crippen molar-refractivity contribution in [1.82, 2.24) is 4.57 Å². The van der Waals surface area contributed by atoms with Crippen LogP contribution in [0.2, 0.25) is 5.02 Å². The molecule has 0 aliphatic heterocycles. The highest BCUT2D eigenvalue weighted by Gasteiger charge is 2.21. The van der Waals surface area contributed by atoms with Crippen LogP contribution >= 0.6 is 11.6 Å². The van der Waals surface area contributed by atoms with Crippen molar-refractivity contribution in [1.29, 1.82) is 5.26 Å². The lowest BCUT2D eigenvalue weighted by atomic mass is 10.1. The molecule has 4 nitrogen and oxygen atoms in total. The van der Waals surface area contributed by atoms with E-state index < -0.39 is 15.7 Å². The van der Waals surface area contributed by atoms with Crippen molar-refractivity contribution in [2.45, 2.75) is 11.4 Å². The summed E-state index contributed by atoms with van der Waals surface area (Å²) in [5.41, 5.74) is 2.14. The zero-order chi connectivity index (χ0) is 22.0. The molecule has 0 atom stereocenters. The lowest BCUT2D eigenvalue weighted by Gasteiger charge is -2.07. The topological polar surface area (TPSA) is 62.9 Å². The Hall–Kier alpha value is -3.40. The van der Waals surface area contributed by atoms with Crippen molar-refractivity contribution >= 4 is 38.4 Å². The number of nitrogens with zero attached hydrogens (tertiary/aromatic N) is 2. The van der Waals surface area contributed by atoms with Gasteiger partial charge in [-0.2, -0.15) is 5.26 Å². The highest BCUT2D eigenvalue weighted by atomic mass is 35.5. The first-order valence-electron chi connectivity index (χ1n) is 9.34. The first kappa shape index (κ1) is 20.9. The van der Waals surface area contributed by atoms with Crippen LogP contribution < -0.4 is 0 Å². The van der Waals surface area contributed by atoms with Gasteiger partial charge >= 0.3 is 0 Å². The number of aromatic nitrogens is 1. The van der Waals surface area contributed by atoms with Gasteiger partial charge in [-0.3, -0.25) is 0 Å². The van der Waals surface area contributed by atoms with Gasteiger partial charge in [0.05, 0.1) is 4.90 Å². The first-order chi connectivity index (χ1) is 14.9. The minimum atomic E-state index is -3.95. The van der Waals surface area contributed by atoms with E-state index in [4.69, 9.17) is 11.6 Å². The van der Waals surface area contributed by atoms with E-state index in [2.05, 4.69) is 0 Å². The van der Waals surface area contributed by atoms with Crippen molar-refractivity contribution in [2.24, 2.45) is 0 Å². The smallest absolute Gasteiger partial charge is 0.216 e. The molecule has 0 saturated heterocycles. The maximum atomic E-state index is 13.4. The molecule has 4 aromatic rings. The van der Waals surface area contributed by atoms with Gasteiger partial charge in [0.25, 0.3) is 0 Å². The van der Waals surface area contributed by atoms with Crippen LogP contribution in [0.5, 0.6) is 0 Å². The van der Waals surface area contributed by atoms with Gasteiger partial charge in [-0.1, -0.05) is 54.1 Å². The van der Waals surface area contributed by atoms with Crippen molar-refractivity contribution in [3.05, 3.63) is 106 Å². The Bertz CT molecular complexity index is 1450. The predicted octanol–water partition coefficient (Wildman–Crippen LogP) is 5.82. The number of rotatable bonds is 5. The number of hydrogen-bond donors (Lipinski definition) is 0.